The molecule has 0 radical (unpaired) electrons. The van der Waals surface area contributed by atoms with Crippen LogP contribution in [0.25, 0.3) is 0 Å². The van der Waals surface area contributed by atoms with E-state index in [-0.39, 0.29) is 11.8 Å². The number of nitrogens with zero attached hydrogens (tertiary/aromatic N) is 4. The lowest BCUT2D eigenvalue weighted by atomic mass is 10.2. The van der Waals surface area contributed by atoms with E-state index in [4.69, 9.17) is 11.6 Å². The highest BCUT2D eigenvalue weighted by Gasteiger charge is 2.31. The predicted octanol–water partition coefficient (Wildman–Crippen LogP) is 3.58. The van der Waals surface area contributed by atoms with E-state index in [2.05, 4.69) is 10.1 Å². The van der Waals surface area contributed by atoms with E-state index in [0.29, 0.717) is 33.2 Å². The molecule has 2 heterocycles. The van der Waals surface area contributed by atoms with Gasteiger partial charge in [0.25, 0.3) is 0 Å². The third-order valence-corrected chi connectivity index (χ3v) is 4.81. The summed E-state index contributed by atoms with van der Waals surface area (Å²) in [6.07, 6.45) is 0.579. The maximum absolute atomic E-state index is 12.1. The van der Waals surface area contributed by atoms with Gasteiger partial charge in [-0.05, 0) is 23.9 Å². The molecular formula is C16H15ClN4O2S. The molecule has 124 valence electrons. The van der Waals surface area contributed by atoms with Gasteiger partial charge in [-0.1, -0.05) is 30.7 Å². The summed E-state index contributed by atoms with van der Waals surface area (Å²) < 4.78 is 1.54. The average molecular weight is 363 g/mol. The van der Waals surface area contributed by atoms with Crippen LogP contribution in [0.15, 0.2) is 34.4 Å². The molecule has 1 aromatic heterocycles. The first-order valence-electron chi connectivity index (χ1n) is 7.38. The van der Waals surface area contributed by atoms with Gasteiger partial charge in [0.2, 0.25) is 11.8 Å². The number of anilines is 1. The number of hydrogen-bond donors (Lipinski definition) is 0. The molecule has 1 aliphatic rings. The largest absolute Gasteiger partial charge is 0.274 e. The van der Waals surface area contributed by atoms with Crippen LogP contribution in [0.5, 0.6) is 0 Å². The molecule has 1 aromatic carbocycles. The highest BCUT2D eigenvalue weighted by atomic mass is 35.5. The molecule has 0 atom stereocenters. The van der Waals surface area contributed by atoms with Crippen LogP contribution >= 0.6 is 23.4 Å². The number of thioether (sulfide) groups is 1. The van der Waals surface area contributed by atoms with Gasteiger partial charge < -0.3 is 0 Å². The van der Waals surface area contributed by atoms with Gasteiger partial charge in [-0.25, -0.2) is 4.98 Å². The first-order chi connectivity index (χ1) is 11.4. The number of carbonyl (C=O) groups is 2. The second kappa shape index (κ2) is 6.41. The predicted molar refractivity (Wildman–Crippen MR) is 94.9 cm³/mol. The summed E-state index contributed by atoms with van der Waals surface area (Å²) in [4.78, 5) is 28.5. The van der Waals surface area contributed by atoms with E-state index < -0.39 is 0 Å². The molecule has 0 fully saturated rings. The lowest BCUT2D eigenvalue weighted by molar-refractivity contribution is -0.116. The van der Waals surface area contributed by atoms with E-state index in [1.54, 1.807) is 16.7 Å². The zero-order valence-electron chi connectivity index (χ0n) is 13.4. The number of imidazole rings is 1. The zero-order chi connectivity index (χ0) is 17.4. The van der Waals surface area contributed by atoms with Crippen molar-refractivity contribution in [3.8, 4) is 0 Å². The van der Waals surface area contributed by atoms with Gasteiger partial charge >= 0.3 is 0 Å². The van der Waals surface area contributed by atoms with Crippen molar-refractivity contribution in [2.75, 3.05) is 5.01 Å². The van der Waals surface area contributed by atoms with E-state index in [1.807, 2.05) is 19.1 Å². The van der Waals surface area contributed by atoms with Gasteiger partial charge in [0.1, 0.15) is 15.9 Å². The smallest absolute Gasteiger partial charge is 0.245 e. The number of benzene rings is 1. The minimum Gasteiger partial charge on any atom is -0.274 e. The number of halogens is 1. The van der Waals surface area contributed by atoms with E-state index in [9.17, 15) is 9.59 Å². The van der Waals surface area contributed by atoms with E-state index in [1.165, 1.54) is 30.6 Å². The summed E-state index contributed by atoms with van der Waals surface area (Å²) in [7, 11) is 0. The van der Waals surface area contributed by atoms with Gasteiger partial charge in [0.15, 0.2) is 5.82 Å². The van der Waals surface area contributed by atoms with E-state index >= 15 is 0 Å². The van der Waals surface area contributed by atoms with Gasteiger partial charge in [-0.3, -0.25) is 14.2 Å². The fraction of sp³-hybridized carbons (Fsp3) is 0.250. The van der Waals surface area contributed by atoms with E-state index in [0.717, 1.165) is 5.56 Å². The molecule has 0 spiro atoms. The van der Waals surface area contributed by atoms with Gasteiger partial charge in [0.05, 0.1) is 0 Å². The maximum atomic E-state index is 12.1. The first-order valence-corrected chi connectivity index (χ1v) is 8.57. The Balaban J connectivity index is 2.15. The molecule has 0 bridgehead atoms. The summed E-state index contributed by atoms with van der Waals surface area (Å²) in [5, 5.41) is 7.48. The lowest BCUT2D eigenvalue weighted by Gasteiger charge is -2.21. The molecule has 0 unspecified atom stereocenters. The van der Waals surface area contributed by atoms with Crippen molar-refractivity contribution >= 4 is 46.0 Å². The molecule has 24 heavy (non-hydrogen) atoms. The Morgan fingerprint density at radius 2 is 1.83 bits per heavy atom. The second-order valence-electron chi connectivity index (χ2n) is 5.21. The molecule has 0 N–H and O–H groups in total. The third kappa shape index (κ3) is 2.85. The normalized spacial score (nSPS) is 13.5. The minimum absolute atomic E-state index is 0.144. The fourth-order valence-electron chi connectivity index (χ4n) is 2.41. The van der Waals surface area contributed by atoms with Crippen molar-refractivity contribution in [1.82, 2.24) is 9.55 Å². The maximum Gasteiger partial charge on any atom is 0.245 e. The topological polar surface area (TPSA) is 67.6 Å². The number of hydrazone groups is 1. The Bertz CT molecular complexity index is 858. The molecule has 2 aromatic rings. The number of carbonyl (C=O) groups excluding carboxylic acids is 2. The van der Waals surface area contributed by atoms with Crippen LogP contribution in [0.3, 0.4) is 0 Å². The molecule has 3 rings (SSSR count). The standard InChI is InChI=1S/C16H15ClN4O2S/c1-4-13-18-14-16(20(13)9(2)22)24-15(19-21(14)10(3)23)11-5-7-12(17)8-6-11/h5-8H,4H2,1-3H3. The summed E-state index contributed by atoms with van der Waals surface area (Å²) in [5.41, 5.74) is 0.815. The third-order valence-electron chi connectivity index (χ3n) is 3.49. The summed E-state index contributed by atoms with van der Waals surface area (Å²) in [6.45, 7) is 4.81. The number of rotatable bonds is 2. The number of amides is 1. The molecule has 0 saturated heterocycles. The number of hydrogen-bond acceptors (Lipinski definition) is 5. The van der Waals surface area contributed by atoms with Gasteiger partial charge in [-0.2, -0.15) is 10.1 Å². The minimum atomic E-state index is -0.265. The molecule has 6 nitrogen and oxygen atoms in total. The lowest BCUT2D eigenvalue weighted by Crippen LogP contribution is -2.28. The Morgan fingerprint density at radius 1 is 1.17 bits per heavy atom. The summed E-state index contributed by atoms with van der Waals surface area (Å²) >= 11 is 7.25. The number of aryl methyl sites for hydroxylation is 1. The zero-order valence-corrected chi connectivity index (χ0v) is 15.0. The highest BCUT2D eigenvalue weighted by Crippen LogP contribution is 2.38. The summed E-state index contributed by atoms with van der Waals surface area (Å²) in [5.74, 6) is 0.601. The van der Waals surface area contributed by atoms with Crippen LogP contribution < -0.4 is 5.01 Å². The summed E-state index contributed by atoms with van der Waals surface area (Å²) in [6, 6.07) is 7.17. The Kier molecular flexibility index (Phi) is 4.47. The quantitative estimate of drug-likeness (QED) is 0.818. The van der Waals surface area contributed by atoms with Gasteiger partial charge in [0, 0.05) is 30.9 Å². The molecule has 8 heteroatoms. The van der Waals surface area contributed by atoms with Crippen LogP contribution in [0.1, 0.15) is 37.0 Å². The number of fused-ring (bicyclic) bond motifs is 1. The molecule has 1 aliphatic heterocycles. The monoisotopic (exact) mass is 362 g/mol. The first kappa shape index (κ1) is 16.7. The Morgan fingerprint density at radius 3 is 2.38 bits per heavy atom. The van der Waals surface area contributed by atoms with Crippen molar-refractivity contribution < 1.29 is 9.59 Å². The van der Waals surface area contributed by atoms with Gasteiger partial charge in [-0.15, -0.1) is 0 Å². The number of aromatic nitrogens is 2. The Labute approximate surface area is 148 Å². The van der Waals surface area contributed by atoms with Crippen LogP contribution in [0, 0.1) is 0 Å². The second-order valence-corrected chi connectivity index (χ2v) is 6.62. The highest BCUT2D eigenvalue weighted by molar-refractivity contribution is 8.14. The molecule has 1 amide bonds. The van der Waals surface area contributed by atoms with Crippen LogP contribution in [-0.2, 0) is 11.2 Å². The van der Waals surface area contributed by atoms with Crippen molar-refractivity contribution in [3.05, 3.63) is 40.7 Å². The molecule has 0 saturated carbocycles. The van der Waals surface area contributed by atoms with Crippen LogP contribution in [0.4, 0.5) is 5.82 Å². The molecular weight excluding hydrogens is 348 g/mol. The SMILES string of the molecule is CCc1nc2c(n1C(C)=O)SC(c1ccc(Cl)cc1)=NN2C(C)=O. The van der Waals surface area contributed by atoms with Crippen molar-refractivity contribution in [2.45, 2.75) is 32.2 Å². The van der Waals surface area contributed by atoms with Crippen molar-refractivity contribution in [3.63, 3.8) is 0 Å². The average Bonchev–Trinajstić information content (AvgIpc) is 2.93. The van der Waals surface area contributed by atoms with Crippen LogP contribution in [-0.4, -0.2) is 26.4 Å². The van der Waals surface area contributed by atoms with Crippen molar-refractivity contribution in [1.29, 1.82) is 0 Å². The van der Waals surface area contributed by atoms with Crippen molar-refractivity contribution in [2.24, 2.45) is 5.10 Å². The fourth-order valence-corrected chi connectivity index (χ4v) is 3.64. The van der Waals surface area contributed by atoms with Crippen LogP contribution in [0.2, 0.25) is 5.02 Å². The molecule has 0 aliphatic carbocycles. The Hall–Kier alpha value is -2.12.